The maximum absolute atomic E-state index is 12.8. The number of unbranched alkanes of at least 4 members (excludes halogenated alkanes) is 3. The van der Waals surface area contributed by atoms with Crippen LogP contribution in [0.2, 0.25) is 0 Å². The smallest absolute Gasteiger partial charge is 0.236 e. The van der Waals surface area contributed by atoms with E-state index < -0.39 is 10.0 Å². The molecule has 2 N–H and O–H groups in total. The Morgan fingerprint density at radius 3 is 2.41 bits per heavy atom. The lowest BCUT2D eigenvalue weighted by Gasteiger charge is -2.25. The molecule has 2 rings (SSSR count). The number of rotatable bonds is 13. The van der Waals surface area contributed by atoms with E-state index in [9.17, 15) is 8.42 Å². The van der Waals surface area contributed by atoms with Crippen LogP contribution in [-0.4, -0.2) is 31.8 Å². The third kappa shape index (κ3) is 8.73. The predicted octanol–water partition coefficient (Wildman–Crippen LogP) is 4.24. The van der Waals surface area contributed by atoms with Crippen molar-refractivity contribution in [2.24, 2.45) is 11.7 Å². The van der Waals surface area contributed by atoms with E-state index in [1.54, 1.807) is 0 Å². The number of nitrogens with two attached hydrogens (primary N) is 1. The van der Waals surface area contributed by atoms with Gasteiger partial charge in [0.1, 0.15) is 0 Å². The van der Waals surface area contributed by atoms with Gasteiger partial charge in [-0.3, -0.25) is 4.84 Å². The fourth-order valence-electron chi connectivity index (χ4n) is 3.64. The van der Waals surface area contributed by atoms with Crippen molar-refractivity contribution in [2.75, 3.05) is 18.9 Å². The SMILES string of the molecule is NCCCCCCS(=O)(=O)N(Cc1ccccc1)OCCC1CCCCC1. The Labute approximate surface area is 165 Å². The van der Waals surface area contributed by atoms with Crippen molar-refractivity contribution in [1.29, 1.82) is 0 Å². The lowest BCUT2D eigenvalue weighted by atomic mass is 9.87. The van der Waals surface area contributed by atoms with Gasteiger partial charge in [0, 0.05) is 0 Å². The molecule has 5 nitrogen and oxygen atoms in total. The molecule has 1 saturated carbocycles. The highest BCUT2D eigenvalue weighted by Gasteiger charge is 2.24. The molecule has 1 aliphatic rings. The number of benzene rings is 1. The summed E-state index contributed by atoms with van der Waals surface area (Å²) in [5, 5.41) is 0. The summed E-state index contributed by atoms with van der Waals surface area (Å²) in [4.78, 5) is 5.82. The van der Waals surface area contributed by atoms with Crippen molar-refractivity contribution in [3.05, 3.63) is 35.9 Å². The van der Waals surface area contributed by atoms with Crippen LogP contribution in [0.25, 0.3) is 0 Å². The standard InChI is InChI=1S/C21H36N2O3S/c22-16-9-1-2-10-18-27(24,25)23(19-21-13-7-4-8-14-21)26-17-15-20-11-5-3-6-12-20/h4,7-8,13-14,20H,1-3,5-6,9-12,15-19,22H2. The van der Waals surface area contributed by atoms with Crippen molar-refractivity contribution < 1.29 is 13.3 Å². The van der Waals surface area contributed by atoms with Crippen LogP contribution in [0.4, 0.5) is 0 Å². The Kier molecular flexibility index (Phi) is 10.3. The van der Waals surface area contributed by atoms with Crippen LogP contribution in [0.15, 0.2) is 30.3 Å². The third-order valence-corrected chi connectivity index (χ3v) is 6.97. The monoisotopic (exact) mass is 396 g/mol. The molecule has 0 bridgehead atoms. The molecule has 1 fully saturated rings. The van der Waals surface area contributed by atoms with Gasteiger partial charge in [-0.05, 0) is 37.3 Å². The van der Waals surface area contributed by atoms with E-state index in [0.29, 0.717) is 25.5 Å². The lowest BCUT2D eigenvalue weighted by molar-refractivity contribution is -0.0960. The molecule has 27 heavy (non-hydrogen) atoms. The van der Waals surface area contributed by atoms with E-state index in [1.807, 2.05) is 30.3 Å². The van der Waals surface area contributed by atoms with E-state index in [2.05, 4.69) is 0 Å². The summed E-state index contributed by atoms with van der Waals surface area (Å²) in [6.07, 6.45) is 10.8. The molecule has 0 saturated heterocycles. The molecular formula is C21H36N2O3S. The Hall–Kier alpha value is -0.950. The highest BCUT2D eigenvalue weighted by molar-refractivity contribution is 7.88. The van der Waals surface area contributed by atoms with Crippen molar-refractivity contribution in [3.8, 4) is 0 Å². The third-order valence-electron chi connectivity index (χ3n) is 5.31. The van der Waals surface area contributed by atoms with Gasteiger partial charge in [-0.1, -0.05) is 79.7 Å². The zero-order valence-electron chi connectivity index (χ0n) is 16.5. The average molecular weight is 397 g/mol. The number of nitrogens with zero attached hydrogens (tertiary/aromatic N) is 1. The fraction of sp³-hybridized carbons (Fsp3) is 0.714. The van der Waals surface area contributed by atoms with Crippen molar-refractivity contribution >= 4 is 10.0 Å². The molecule has 154 valence electrons. The van der Waals surface area contributed by atoms with Crippen LogP contribution in [0.5, 0.6) is 0 Å². The average Bonchev–Trinajstić information content (AvgIpc) is 2.68. The zero-order valence-corrected chi connectivity index (χ0v) is 17.3. The van der Waals surface area contributed by atoms with Crippen molar-refractivity contribution in [3.63, 3.8) is 0 Å². The van der Waals surface area contributed by atoms with Crippen molar-refractivity contribution in [1.82, 2.24) is 4.47 Å². The van der Waals surface area contributed by atoms with E-state index in [-0.39, 0.29) is 12.3 Å². The van der Waals surface area contributed by atoms with Gasteiger partial charge in [0.15, 0.2) is 0 Å². The highest BCUT2D eigenvalue weighted by atomic mass is 32.2. The topological polar surface area (TPSA) is 72.6 Å². The van der Waals surface area contributed by atoms with E-state index in [4.69, 9.17) is 10.6 Å². The summed E-state index contributed by atoms with van der Waals surface area (Å²) in [5.41, 5.74) is 6.45. The first-order valence-corrected chi connectivity index (χ1v) is 12.1. The largest absolute Gasteiger partial charge is 0.330 e. The van der Waals surface area contributed by atoms with E-state index in [1.165, 1.54) is 36.6 Å². The Balaban J connectivity index is 1.89. The molecule has 0 heterocycles. The minimum Gasteiger partial charge on any atom is -0.330 e. The van der Waals surface area contributed by atoms with Gasteiger partial charge in [0.2, 0.25) is 10.0 Å². The minimum atomic E-state index is -3.43. The second kappa shape index (κ2) is 12.5. The molecule has 0 atom stereocenters. The van der Waals surface area contributed by atoms with Gasteiger partial charge in [-0.25, -0.2) is 8.42 Å². The van der Waals surface area contributed by atoms with Crippen LogP contribution in [0.3, 0.4) is 0 Å². The molecule has 0 aromatic heterocycles. The van der Waals surface area contributed by atoms with Gasteiger partial charge in [0.25, 0.3) is 0 Å². The van der Waals surface area contributed by atoms with E-state index in [0.717, 1.165) is 31.2 Å². The maximum atomic E-state index is 12.8. The molecule has 1 aliphatic carbocycles. The quantitative estimate of drug-likeness (QED) is 0.400. The molecular weight excluding hydrogens is 360 g/mol. The van der Waals surface area contributed by atoms with Crippen LogP contribution >= 0.6 is 0 Å². The number of hydrogen-bond donors (Lipinski definition) is 1. The van der Waals surface area contributed by atoms with Gasteiger partial charge >= 0.3 is 0 Å². The molecule has 1 aromatic carbocycles. The van der Waals surface area contributed by atoms with Crippen LogP contribution < -0.4 is 5.73 Å². The van der Waals surface area contributed by atoms with Crippen LogP contribution in [0.1, 0.15) is 69.8 Å². The zero-order chi connectivity index (χ0) is 19.4. The predicted molar refractivity (Wildman–Crippen MR) is 110 cm³/mol. The van der Waals surface area contributed by atoms with Gasteiger partial charge in [0.05, 0.1) is 18.9 Å². The molecule has 0 radical (unpaired) electrons. The number of hydrogen-bond acceptors (Lipinski definition) is 4. The van der Waals surface area contributed by atoms with Gasteiger partial charge in [-0.2, -0.15) is 0 Å². The second-order valence-corrected chi connectivity index (χ2v) is 9.57. The molecule has 0 aliphatic heterocycles. The van der Waals surface area contributed by atoms with Gasteiger partial charge in [-0.15, -0.1) is 0 Å². The Morgan fingerprint density at radius 1 is 1.00 bits per heavy atom. The normalized spacial score (nSPS) is 16.1. The summed E-state index contributed by atoms with van der Waals surface area (Å²) >= 11 is 0. The fourth-order valence-corrected chi connectivity index (χ4v) is 4.99. The molecule has 0 amide bonds. The highest BCUT2D eigenvalue weighted by Crippen LogP contribution is 2.26. The Bertz CT molecular complexity index is 601. The number of sulfonamides is 1. The maximum Gasteiger partial charge on any atom is 0.236 e. The molecule has 0 unspecified atom stereocenters. The van der Waals surface area contributed by atoms with Crippen LogP contribution in [0, 0.1) is 5.92 Å². The summed E-state index contributed by atoms with van der Waals surface area (Å²) in [6, 6.07) is 9.66. The summed E-state index contributed by atoms with van der Waals surface area (Å²) < 4.78 is 26.9. The molecule has 1 aromatic rings. The lowest BCUT2D eigenvalue weighted by Crippen LogP contribution is -2.33. The van der Waals surface area contributed by atoms with Crippen molar-refractivity contribution in [2.45, 2.75) is 70.8 Å². The van der Waals surface area contributed by atoms with E-state index >= 15 is 0 Å². The number of hydroxylamine groups is 1. The second-order valence-electron chi connectivity index (χ2n) is 7.59. The minimum absolute atomic E-state index is 0.133. The first-order valence-electron chi connectivity index (χ1n) is 10.5. The molecule has 0 spiro atoms. The molecule has 6 heteroatoms. The van der Waals surface area contributed by atoms with Gasteiger partial charge < -0.3 is 5.73 Å². The summed E-state index contributed by atoms with van der Waals surface area (Å²) in [5.74, 6) is 0.810. The first kappa shape index (κ1) is 22.3. The summed E-state index contributed by atoms with van der Waals surface area (Å²) in [6.45, 7) is 1.41. The summed E-state index contributed by atoms with van der Waals surface area (Å²) in [7, 11) is -3.43. The Morgan fingerprint density at radius 2 is 1.70 bits per heavy atom. The van der Waals surface area contributed by atoms with Crippen LogP contribution in [-0.2, 0) is 21.4 Å². The first-order chi connectivity index (χ1) is 13.1.